The number of halogens is 1. The first-order valence-corrected chi connectivity index (χ1v) is 8.04. The molecule has 106 valence electrons. The molecule has 2 heterocycles. The summed E-state index contributed by atoms with van der Waals surface area (Å²) in [5.41, 5.74) is 2.75. The quantitative estimate of drug-likeness (QED) is 0.737. The molecule has 0 aliphatic heterocycles. The molecule has 21 heavy (non-hydrogen) atoms. The van der Waals surface area contributed by atoms with Gasteiger partial charge >= 0.3 is 5.97 Å². The van der Waals surface area contributed by atoms with Crippen molar-refractivity contribution in [2.75, 3.05) is 0 Å². The summed E-state index contributed by atoms with van der Waals surface area (Å²) in [5.74, 6) is -0.829. The highest BCUT2D eigenvalue weighted by molar-refractivity contribution is 9.10. The summed E-state index contributed by atoms with van der Waals surface area (Å²) in [7, 11) is 0. The van der Waals surface area contributed by atoms with Crippen molar-refractivity contribution in [1.82, 2.24) is 4.57 Å². The van der Waals surface area contributed by atoms with Gasteiger partial charge in [0.15, 0.2) is 0 Å². The lowest BCUT2D eigenvalue weighted by atomic mass is 10.2. The zero-order chi connectivity index (χ0) is 14.8. The van der Waals surface area contributed by atoms with Crippen LogP contribution in [-0.4, -0.2) is 15.6 Å². The van der Waals surface area contributed by atoms with Crippen molar-refractivity contribution < 1.29 is 9.90 Å². The fraction of sp³-hybridized carbons (Fsp3) is 0.0625. The van der Waals surface area contributed by atoms with Crippen LogP contribution in [0.4, 0.5) is 0 Å². The predicted molar refractivity (Wildman–Crippen MR) is 88.1 cm³/mol. The average Bonchev–Trinajstić information content (AvgIpc) is 3.08. The summed E-state index contributed by atoms with van der Waals surface area (Å²) < 4.78 is 3.00. The van der Waals surface area contributed by atoms with E-state index in [4.69, 9.17) is 5.11 Å². The Morgan fingerprint density at radius 2 is 1.90 bits per heavy atom. The van der Waals surface area contributed by atoms with E-state index in [0.29, 0.717) is 0 Å². The zero-order valence-corrected chi connectivity index (χ0v) is 13.4. The Balaban J connectivity index is 2.16. The molecule has 0 spiro atoms. The fourth-order valence-electron chi connectivity index (χ4n) is 2.28. The molecule has 0 unspecified atom stereocenters. The van der Waals surface area contributed by atoms with Crippen LogP contribution in [0.15, 0.2) is 58.4 Å². The summed E-state index contributed by atoms with van der Waals surface area (Å²) in [6.45, 7) is 0. The number of aromatic nitrogens is 1. The van der Waals surface area contributed by atoms with Crippen molar-refractivity contribution in [1.29, 1.82) is 0 Å². The lowest BCUT2D eigenvalue weighted by Crippen LogP contribution is -2.07. The van der Waals surface area contributed by atoms with E-state index in [2.05, 4.69) is 15.9 Å². The molecule has 5 heteroatoms. The predicted octanol–water partition coefficient (Wildman–Crippen LogP) is 4.60. The second-order valence-corrected chi connectivity index (χ2v) is 6.43. The van der Waals surface area contributed by atoms with Crippen LogP contribution < -0.4 is 0 Å². The van der Waals surface area contributed by atoms with Crippen LogP contribution in [0.5, 0.6) is 0 Å². The number of hydrogen-bond acceptors (Lipinski definition) is 2. The molecule has 3 aromatic rings. The molecule has 3 nitrogen and oxygen atoms in total. The van der Waals surface area contributed by atoms with Gasteiger partial charge in [-0.2, -0.15) is 0 Å². The molecule has 0 amide bonds. The van der Waals surface area contributed by atoms with Crippen LogP contribution in [0.25, 0.3) is 16.3 Å². The third-order valence-corrected chi connectivity index (χ3v) is 4.57. The molecule has 1 N–H and O–H groups in total. The van der Waals surface area contributed by atoms with Crippen molar-refractivity contribution >= 4 is 33.2 Å². The van der Waals surface area contributed by atoms with Crippen molar-refractivity contribution in [2.24, 2.45) is 0 Å². The number of hydrogen-bond donors (Lipinski definition) is 1. The summed E-state index contributed by atoms with van der Waals surface area (Å²) >= 11 is 5.07. The molecule has 0 saturated heterocycles. The normalized spacial score (nSPS) is 10.7. The van der Waals surface area contributed by atoms with Gasteiger partial charge in [-0.1, -0.05) is 22.0 Å². The molecule has 0 aliphatic carbocycles. The number of rotatable bonds is 4. The number of nitrogens with zero attached hydrogens (tertiary/aromatic N) is 1. The second-order valence-electron chi connectivity index (χ2n) is 4.57. The molecule has 0 saturated carbocycles. The minimum atomic E-state index is -0.829. The first-order valence-electron chi connectivity index (χ1n) is 6.37. The first-order chi connectivity index (χ1) is 10.1. The van der Waals surface area contributed by atoms with E-state index in [1.54, 1.807) is 11.3 Å². The number of benzene rings is 1. The zero-order valence-electron chi connectivity index (χ0n) is 11.0. The topological polar surface area (TPSA) is 42.2 Å². The van der Waals surface area contributed by atoms with Gasteiger partial charge in [-0.15, -0.1) is 11.3 Å². The van der Waals surface area contributed by atoms with Crippen LogP contribution in [0, 0.1) is 0 Å². The summed E-state index contributed by atoms with van der Waals surface area (Å²) in [5, 5.41) is 11.1. The molecule has 1 aromatic carbocycles. The molecular formula is C16H12BrNO2S. The van der Waals surface area contributed by atoms with Gasteiger partial charge in [-0.25, -0.2) is 0 Å². The summed E-state index contributed by atoms with van der Waals surface area (Å²) in [4.78, 5) is 12.2. The molecule has 0 fully saturated rings. The maximum Gasteiger partial charge on any atom is 0.309 e. The fourth-order valence-corrected chi connectivity index (χ4v) is 3.29. The molecule has 0 bridgehead atoms. The number of carboxylic acids is 1. The van der Waals surface area contributed by atoms with E-state index in [-0.39, 0.29) is 6.42 Å². The Labute approximate surface area is 134 Å². The van der Waals surface area contributed by atoms with Gasteiger partial charge in [0.25, 0.3) is 0 Å². The third-order valence-electron chi connectivity index (χ3n) is 3.15. The molecule has 2 aromatic heterocycles. The van der Waals surface area contributed by atoms with Gasteiger partial charge in [-0.05, 0) is 47.8 Å². The summed E-state index contributed by atoms with van der Waals surface area (Å²) in [6, 6.07) is 15.8. The number of carbonyl (C=O) groups is 1. The van der Waals surface area contributed by atoms with E-state index >= 15 is 0 Å². The molecule has 0 aliphatic rings. The molecule has 0 atom stereocenters. The van der Waals surface area contributed by atoms with Gasteiger partial charge in [0.2, 0.25) is 0 Å². The number of carboxylic acid groups (broad SMARTS) is 1. The average molecular weight is 362 g/mol. The van der Waals surface area contributed by atoms with Crippen LogP contribution in [0.2, 0.25) is 0 Å². The van der Waals surface area contributed by atoms with Crippen molar-refractivity contribution in [3.63, 3.8) is 0 Å². The maximum atomic E-state index is 11.1. The molecule has 0 radical (unpaired) electrons. The van der Waals surface area contributed by atoms with Crippen LogP contribution >= 0.6 is 27.3 Å². The van der Waals surface area contributed by atoms with E-state index in [1.807, 2.05) is 58.5 Å². The Morgan fingerprint density at radius 1 is 1.14 bits per heavy atom. The largest absolute Gasteiger partial charge is 0.481 e. The molecule has 3 rings (SSSR count). The maximum absolute atomic E-state index is 11.1. The molecular weight excluding hydrogens is 350 g/mol. The van der Waals surface area contributed by atoms with Gasteiger partial charge in [-0.3, -0.25) is 4.79 Å². The highest BCUT2D eigenvalue weighted by atomic mass is 79.9. The van der Waals surface area contributed by atoms with Crippen LogP contribution in [0.1, 0.15) is 5.69 Å². The van der Waals surface area contributed by atoms with Gasteiger partial charge in [0, 0.05) is 15.9 Å². The monoisotopic (exact) mass is 361 g/mol. The van der Waals surface area contributed by atoms with Crippen molar-refractivity contribution in [2.45, 2.75) is 6.42 Å². The Morgan fingerprint density at radius 3 is 2.52 bits per heavy atom. The van der Waals surface area contributed by atoms with Crippen LogP contribution in [-0.2, 0) is 11.2 Å². The minimum Gasteiger partial charge on any atom is -0.481 e. The Bertz CT molecular complexity index is 760. The van der Waals surface area contributed by atoms with E-state index < -0.39 is 5.97 Å². The second kappa shape index (κ2) is 5.87. The Kier molecular flexibility index (Phi) is 3.94. The van der Waals surface area contributed by atoms with Crippen molar-refractivity contribution in [3.8, 4) is 16.3 Å². The van der Waals surface area contributed by atoms with E-state index in [1.165, 1.54) is 0 Å². The Hall–Kier alpha value is -1.85. The van der Waals surface area contributed by atoms with E-state index in [0.717, 1.165) is 26.4 Å². The minimum absolute atomic E-state index is 0.00143. The third kappa shape index (κ3) is 2.94. The first kappa shape index (κ1) is 14.1. The highest BCUT2D eigenvalue weighted by Gasteiger charge is 2.14. The number of thiophene rings is 1. The smallest absolute Gasteiger partial charge is 0.309 e. The highest BCUT2D eigenvalue weighted by Crippen LogP contribution is 2.30. The lowest BCUT2D eigenvalue weighted by molar-refractivity contribution is -0.136. The van der Waals surface area contributed by atoms with E-state index in [9.17, 15) is 4.79 Å². The van der Waals surface area contributed by atoms with Gasteiger partial charge in [0.05, 0.1) is 17.0 Å². The van der Waals surface area contributed by atoms with Gasteiger partial charge in [0.1, 0.15) is 0 Å². The number of aliphatic carboxylic acids is 1. The standard InChI is InChI=1S/C16H12BrNO2S/c17-11-3-5-12(6-4-11)18-13(10-16(19)20)7-8-14(18)15-2-1-9-21-15/h1-9H,10H2,(H,19,20). The lowest BCUT2D eigenvalue weighted by Gasteiger charge is -2.12. The van der Waals surface area contributed by atoms with Crippen molar-refractivity contribution in [3.05, 3.63) is 64.1 Å². The summed E-state index contributed by atoms with van der Waals surface area (Å²) in [6.07, 6.45) is 0.00143. The SMILES string of the molecule is O=C(O)Cc1ccc(-c2cccs2)n1-c1ccc(Br)cc1. The van der Waals surface area contributed by atoms with Crippen LogP contribution in [0.3, 0.4) is 0 Å². The van der Waals surface area contributed by atoms with Gasteiger partial charge < -0.3 is 9.67 Å².